The van der Waals surface area contributed by atoms with Gasteiger partial charge in [0.25, 0.3) is 0 Å². The normalized spacial score (nSPS) is 10.6. The monoisotopic (exact) mass is 513 g/mol. The molecule has 0 radical (unpaired) electrons. The van der Waals surface area contributed by atoms with Crippen LogP contribution in [0.2, 0.25) is 0 Å². The lowest BCUT2D eigenvalue weighted by atomic mass is 10.2. The summed E-state index contributed by atoms with van der Waals surface area (Å²) < 4.78 is 2.09. The zero-order chi connectivity index (χ0) is 18.1. The molecule has 0 saturated heterocycles. The molecule has 7 heteroatoms. The molecule has 0 aliphatic rings. The Labute approximate surface area is 168 Å². The average molecular weight is 514 g/mol. The Morgan fingerprint density at radius 3 is 2.32 bits per heavy atom. The van der Waals surface area contributed by atoms with Gasteiger partial charge in [0.15, 0.2) is 0 Å². The lowest BCUT2D eigenvalue weighted by molar-refractivity contribution is -0.121. The van der Waals surface area contributed by atoms with E-state index in [4.69, 9.17) is 0 Å². The summed E-state index contributed by atoms with van der Waals surface area (Å²) in [5, 5.41) is 6.70. The van der Waals surface area contributed by atoms with Crippen LogP contribution in [-0.2, 0) is 9.59 Å². The summed E-state index contributed by atoms with van der Waals surface area (Å²) in [5.74, 6) is -0.323. The minimum atomic E-state index is -0.210. The number of halogens is 2. The molecule has 25 heavy (non-hydrogen) atoms. The van der Waals surface area contributed by atoms with Gasteiger partial charge >= 0.3 is 0 Å². The zero-order valence-corrected chi connectivity index (χ0v) is 17.1. The molecule has 0 spiro atoms. The van der Waals surface area contributed by atoms with Crippen molar-refractivity contribution in [3.05, 3.63) is 62.1 Å². The summed E-state index contributed by atoms with van der Waals surface area (Å²) in [5.41, 5.74) is 4.11. The quantitative estimate of drug-likeness (QED) is 0.329. The van der Waals surface area contributed by atoms with E-state index >= 15 is 0 Å². The van der Waals surface area contributed by atoms with Crippen LogP contribution in [0.5, 0.6) is 0 Å². The third-order valence-electron chi connectivity index (χ3n) is 3.21. The van der Waals surface area contributed by atoms with E-state index in [9.17, 15) is 9.59 Å². The van der Waals surface area contributed by atoms with Gasteiger partial charge in [0, 0.05) is 26.6 Å². The van der Waals surface area contributed by atoms with Gasteiger partial charge in [0.2, 0.25) is 11.8 Å². The first kappa shape index (κ1) is 19.6. The first-order chi connectivity index (χ1) is 12.0. The van der Waals surface area contributed by atoms with Gasteiger partial charge in [-0.15, -0.1) is 0 Å². The van der Waals surface area contributed by atoms with Crippen molar-refractivity contribution in [2.75, 3.05) is 5.32 Å². The second-order valence-corrected chi connectivity index (χ2v) is 7.41. The molecule has 2 aromatic rings. The predicted octanol–water partition coefficient (Wildman–Crippen LogP) is 4.31. The highest BCUT2D eigenvalue weighted by Crippen LogP contribution is 2.14. The summed E-state index contributed by atoms with van der Waals surface area (Å²) in [6.45, 7) is 0. The number of nitrogens with zero attached hydrogens (tertiary/aromatic N) is 1. The molecule has 0 fully saturated rings. The molecule has 0 atom stereocenters. The van der Waals surface area contributed by atoms with Crippen molar-refractivity contribution < 1.29 is 9.59 Å². The number of amides is 2. The molecule has 0 unspecified atom stereocenters. The molecule has 0 aromatic heterocycles. The summed E-state index contributed by atoms with van der Waals surface area (Å²) in [6, 6.07) is 15.1. The van der Waals surface area contributed by atoms with Gasteiger partial charge in [-0.25, -0.2) is 5.43 Å². The largest absolute Gasteiger partial charge is 0.326 e. The molecular formula is C18H17BrIN3O2. The van der Waals surface area contributed by atoms with E-state index in [0.29, 0.717) is 6.42 Å². The molecule has 0 saturated carbocycles. The van der Waals surface area contributed by atoms with Gasteiger partial charge in [-0.2, -0.15) is 5.10 Å². The lowest BCUT2D eigenvalue weighted by Crippen LogP contribution is -2.18. The second kappa shape index (κ2) is 10.3. The van der Waals surface area contributed by atoms with Crippen molar-refractivity contribution in [2.45, 2.75) is 19.3 Å². The maximum absolute atomic E-state index is 11.8. The van der Waals surface area contributed by atoms with Gasteiger partial charge in [-0.3, -0.25) is 9.59 Å². The zero-order valence-electron chi connectivity index (χ0n) is 13.3. The SMILES string of the molecule is O=C(CCCC(=O)Nc1ccc(Br)cc1)N/N=C/c1ccc(I)cc1. The Balaban J connectivity index is 1.65. The summed E-state index contributed by atoms with van der Waals surface area (Å²) in [6.07, 6.45) is 2.59. The first-order valence-corrected chi connectivity index (χ1v) is 9.53. The third kappa shape index (κ3) is 7.78. The van der Waals surface area contributed by atoms with Crippen molar-refractivity contribution in [3.8, 4) is 0 Å². The third-order valence-corrected chi connectivity index (χ3v) is 4.46. The second-order valence-electron chi connectivity index (χ2n) is 5.25. The molecule has 2 N–H and O–H groups in total. The van der Waals surface area contributed by atoms with E-state index < -0.39 is 0 Å². The van der Waals surface area contributed by atoms with E-state index in [1.807, 2.05) is 48.5 Å². The van der Waals surface area contributed by atoms with Crippen LogP contribution in [0.4, 0.5) is 5.69 Å². The van der Waals surface area contributed by atoms with E-state index in [0.717, 1.165) is 19.3 Å². The Hall–Kier alpha value is -1.74. The maximum Gasteiger partial charge on any atom is 0.240 e. The minimum absolute atomic E-state index is 0.113. The number of hydrogen-bond donors (Lipinski definition) is 2. The Morgan fingerprint density at radius 1 is 1.00 bits per heavy atom. The van der Waals surface area contributed by atoms with Gasteiger partial charge < -0.3 is 5.32 Å². The molecule has 5 nitrogen and oxygen atoms in total. The molecule has 130 valence electrons. The number of nitrogens with one attached hydrogen (secondary N) is 2. The lowest BCUT2D eigenvalue weighted by Gasteiger charge is -2.05. The van der Waals surface area contributed by atoms with Gasteiger partial charge in [-0.05, 0) is 71.0 Å². The highest BCUT2D eigenvalue weighted by molar-refractivity contribution is 14.1. The van der Waals surface area contributed by atoms with Crippen LogP contribution in [-0.4, -0.2) is 18.0 Å². The molecular weight excluding hydrogens is 497 g/mol. The minimum Gasteiger partial charge on any atom is -0.326 e. The van der Waals surface area contributed by atoms with E-state index in [-0.39, 0.29) is 24.7 Å². The van der Waals surface area contributed by atoms with Crippen molar-refractivity contribution in [3.63, 3.8) is 0 Å². The predicted molar refractivity (Wildman–Crippen MR) is 112 cm³/mol. The van der Waals surface area contributed by atoms with Crippen molar-refractivity contribution in [1.82, 2.24) is 5.43 Å². The Bertz CT molecular complexity index is 746. The number of hydrazone groups is 1. The summed E-state index contributed by atoms with van der Waals surface area (Å²) in [4.78, 5) is 23.5. The average Bonchev–Trinajstić information content (AvgIpc) is 2.59. The molecule has 0 heterocycles. The van der Waals surface area contributed by atoms with Crippen molar-refractivity contribution in [2.24, 2.45) is 5.10 Å². The van der Waals surface area contributed by atoms with Crippen molar-refractivity contribution >= 4 is 62.2 Å². The maximum atomic E-state index is 11.8. The first-order valence-electron chi connectivity index (χ1n) is 7.66. The Kier molecular flexibility index (Phi) is 8.07. The summed E-state index contributed by atoms with van der Waals surface area (Å²) in [7, 11) is 0. The van der Waals surface area contributed by atoms with E-state index in [2.05, 4.69) is 54.4 Å². The van der Waals surface area contributed by atoms with Gasteiger partial charge in [-0.1, -0.05) is 28.1 Å². The fraction of sp³-hybridized carbons (Fsp3) is 0.167. The van der Waals surface area contributed by atoms with Crippen LogP contribution >= 0.6 is 38.5 Å². The molecule has 2 aromatic carbocycles. The van der Waals surface area contributed by atoms with Crippen LogP contribution in [0.15, 0.2) is 58.1 Å². The number of hydrogen-bond acceptors (Lipinski definition) is 3. The fourth-order valence-corrected chi connectivity index (χ4v) is 2.57. The topological polar surface area (TPSA) is 70.6 Å². The van der Waals surface area contributed by atoms with Crippen LogP contribution in [0.25, 0.3) is 0 Å². The van der Waals surface area contributed by atoms with Crippen LogP contribution in [0.3, 0.4) is 0 Å². The van der Waals surface area contributed by atoms with Gasteiger partial charge in [0.1, 0.15) is 0 Å². The van der Waals surface area contributed by atoms with E-state index in [1.54, 1.807) is 6.21 Å². The van der Waals surface area contributed by atoms with Gasteiger partial charge in [0.05, 0.1) is 6.21 Å². The molecule has 0 bridgehead atoms. The summed E-state index contributed by atoms with van der Waals surface area (Å²) >= 11 is 5.56. The number of rotatable bonds is 7. The Morgan fingerprint density at radius 2 is 1.64 bits per heavy atom. The number of benzene rings is 2. The van der Waals surface area contributed by atoms with Crippen LogP contribution in [0.1, 0.15) is 24.8 Å². The standard InChI is InChI=1S/C18H17BrIN3O2/c19-14-6-10-16(11-7-14)22-17(24)2-1-3-18(25)23-21-12-13-4-8-15(20)9-5-13/h4-12H,1-3H2,(H,22,24)(H,23,25)/b21-12+. The number of carbonyl (C=O) groups excluding carboxylic acids is 2. The van der Waals surface area contributed by atoms with E-state index in [1.165, 1.54) is 0 Å². The molecule has 0 aliphatic heterocycles. The molecule has 0 aliphatic carbocycles. The number of carbonyl (C=O) groups is 2. The van der Waals surface area contributed by atoms with Crippen LogP contribution < -0.4 is 10.7 Å². The van der Waals surface area contributed by atoms with Crippen LogP contribution in [0, 0.1) is 3.57 Å². The highest BCUT2D eigenvalue weighted by atomic mass is 127. The highest BCUT2D eigenvalue weighted by Gasteiger charge is 2.05. The molecule has 2 rings (SSSR count). The van der Waals surface area contributed by atoms with Crippen molar-refractivity contribution in [1.29, 1.82) is 0 Å². The smallest absolute Gasteiger partial charge is 0.240 e. The fourth-order valence-electron chi connectivity index (χ4n) is 1.95. The molecule has 2 amide bonds. The number of anilines is 1.